The lowest BCUT2D eigenvalue weighted by Gasteiger charge is -2.06. The Kier molecular flexibility index (Phi) is 5.06. The predicted molar refractivity (Wildman–Crippen MR) is 81.3 cm³/mol. The summed E-state index contributed by atoms with van der Waals surface area (Å²) < 4.78 is 0. The van der Waals surface area contributed by atoms with Gasteiger partial charge in [-0.05, 0) is 26.0 Å². The summed E-state index contributed by atoms with van der Waals surface area (Å²) in [6.07, 6.45) is 2.38. The van der Waals surface area contributed by atoms with Crippen molar-refractivity contribution in [3.05, 3.63) is 40.1 Å². The molecule has 2 aromatic heterocycles. The van der Waals surface area contributed by atoms with Gasteiger partial charge in [0, 0.05) is 42.5 Å². The van der Waals surface area contributed by atoms with Crippen molar-refractivity contribution in [3.8, 4) is 0 Å². The zero-order valence-corrected chi connectivity index (χ0v) is 12.5. The number of nitrogens with one attached hydrogen (secondary N) is 2. The third kappa shape index (κ3) is 4.03. The van der Waals surface area contributed by atoms with E-state index < -0.39 is 0 Å². The van der Waals surface area contributed by atoms with E-state index in [0.29, 0.717) is 12.2 Å². The Morgan fingerprint density at radius 3 is 3.00 bits per heavy atom. The minimum atomic E-state index is -0.155. The molecule has 0 fully saturated rings. The number of rotatable bonds is 6. The SMILES string of the molecule is CCNc1ccnc(C(=O)NCCc2nc(C)cs2)c1. The predicted octanol–water partition coefficient (Wildman–Crippen LogP) is 2.25. The third-order valence-electron chi connectivity index (χ3n) is 2.66. The second-order valence-electron chi connectivity index (χ2n) is 4.35. The summed E-state index contributed by atoms with van der Waals surface area (Å²) in [5.41, 5.74) is 2.36. The Morgan fingerprint density at radius 1 is 1.45 bits per heavy atom. The molecule has 20 heavy (non-hydrogen) atoms. The van der Waals surface area contributed by atoms with Crippen LogP contribution in [0.25, 0.3) is 0 Å². The number of aryl methyl sites for hydroxylation is 1. The summed E-state index contributed by atoms with van der Waals surface area (Å²) in [5.74, 6) is -0.155. The van der Waals surface area contributed by atoms with Gasteiger partial charge in [0.2, 0.25) is 0 Å². The molecule has 2 aromatic rings. The van der Waals surface area contributed by atoms with Crippen LogP contribution in [0.2, 0.25) is 0 Å². The van der Waals surface area contributed by atoms with Crippen molar-refractivity contribution >= 4 is 22.9 Å². The van der Waals surface area contributed by atoms with E-state index in [0.717, 1.165) is 29.4 Å². The van der Waals surface area contributed by atoms with Gasteiger partial charge in [0.15, 0.2) is 0 Å². The van der Waals surface area contributed by atoms with Crippen molar-refractivity contribution in [1.29, 1.82) is 0 Å². The number of hydrogen-bond donors (Lipinski definition) is 2. The zero-order valence-electron chi connectivity index (χ0n) is 11.6. The van der Waals surface area contributed by atoms with Gasteiger partial charge in [-0.1, -0.05) is 0 Å². The molecular formula is C14H18N4OS. The highest BCUT2D eigenvalue weighted by Gasteiger charge is 2.07. The maximum atomic E-state index is 12.0. The van der Waals surface area contributed by atoms with E-state index in [1.165, 1.54) is 0 Å². The summed E-state index contributed by atoms with van der Waals surface area (Å²) in [5, 5.41) is 9.07. The van der Waals surface area contributed by atoms with Crippen molar-refractivity contribution < 1.29 is 4.79 Å². The van der Waals surface area contributed by atoms with Crippen LogP contribution in [0.15, 0.2) is 23.7 Å². The molecule has 0 unspecified atom stereocenters. The third-order valence-corrected chi connectivity index (χ3v) is 3.69. The van der Waals surface area contributed by atoms with Gasteiger partial charge in [0.1, 0.15) is 5.69 Å². The van der Waals surface area contributed by atoms with Gasteiger partial charge in [-0.25, -0.2) is 4.98 Å². The summed E-state index contributed by atoms with van der Waals surface area (Å²) in [6.45, 7) is 5.36. The number of carbonyl (C=O) groups is 1. The molecule has 2 N–H and O–H groups in total. The van der Waals surface area contributed by atoms with Crippen LogP contribution in [0.3, 0.4) is 0 Å². The molecule has 0 saturated carbocycles. The maximum Gasteiger partial charge on any atom is 0.269 e. The van der Waals surface area contributed by atoms with Crippen LogP contribution in [0.4, 0.5) is 5.69 Å². The normalized spacial score (nSPS) is 10.3. The van der Waals surface area contributed by atoms with Crippen molar-refractivity contribution in [2.24, 2.45) is 0 Å². The van der Waals surface area contributed by atoms with E-state index in [1.54, 1.807) is 23.6 Å². The van der Waals surface area contributed by atoms with E-state index in [4.69, 9.17) is 0 Å². The first-order valence-corrected chi connectivity index (χ1v) is 7.46. The Bertz CT molecular complexity index is 582. The molecule has 0 atom stereocenters. The Morgan fingerprint density at radius 2 is 2.30 bits per heavy atom. The fourth-order valence-electron chi connectivity index (χ4n) is 1.76. The monoisotopic (exact) mass is 290 g/mol. The molecule has 2 rings (SSSR count). The number of thiazole rings is 1. The molecule has 0 spiro atoms. The molecule has 0 aliphatic heterocycles. The number of carbonyl (C=O) groups excluding carboxylic acids is 1. The quantitative estimate of drug-likeness (QED) is 0.856. The lowest BCUT2D eigenvalue weighted by Crippen LogP contribution is -2.26. The van der Waals surface area contributed by atoms with Gasteiger partial charge in [-0.2, -0.15) is 0 Å². The minimum absolute atomic E-state index is 0.155. The van der Waals surface area contributed by atoms with E-state index in [1.807, 2.05) is 25.3 Å². The van der Waals surface area contributed by atoms with E-state index in [9.17, 15) is 4.79 Å². The van der Waals surface area contributed by atoms with Crippen LogP contribution >= 0.6 is 11.3 Å². The Labute approximate surface area is 122 Å². The second kappa shape index (κ2) is 7.00. The molecule has 0 bridgehead atoms. The van der Waals surface area contributed by atoms with Gasteiger partial charge in [0.25, 0.3) is 5.91 Å². The fourth-order valence-corrected chi connectivity index (χ4v) is 2.54. The molecule has 2 heterocycles. The average molecular weight is 290 g/mol. The van der Waals surface area contributed by atoms with Crippen molar-refractivity contribution in [2.75, 3.05) is 18.4 Å². The molecule has 0 aromatic carbocycles. The molecule has 6 heteroatoms. The van der Waals surface area contributed by atoms with Crippen molar-refractivity contribution in [3.63, 3.8) is 0 Å². The largest absolute Gasteiger partial charge is 0.385 e. The first-order valence-electron chi connectivity index (χ1n) is 6.58. The van der Waals surface area contributed by atoms with E-state index in [-0.39, 0.29) is 5.91 Å². The summed E-state index contributed by atoms with van der Waals surface area (Å²) >= 11 is 1.62. The maximum absolute atomic E-state index is 12.0. The first kappa shape index (κ1) is 14.5. The number of amides is 1. The van der Waals surface area contributed by atoms with Crippen molar-refractivity contribution in [2.45, 2.75) is 20.3 Å². The molecule has 0 aliphatic rings. The van der Waals surface area contributed by atoms with Gasteiger partial charge < -0.3 is 10.6 Å². The topological polar surface area (TPSA) is 66.9 Å². The summed E-state index contributed by atoms with van der Waals surface area (Å²) in [4.78, 5) is 20.4. The second-order valence-corrected chi connectivity index (χ2v) is 5.29. The number of anilines is 1. The molecule has 106 valence electrons. The Balaban J connectivity index is 1.86. The molecule has 5 nitrogen and oxygen atoms in total. The highest BCUT2D eigenvalue weighted by Crippen LogP contribution is 2.09. The van der Waals surface area contributed by atoms with Gasteiger partial charge >= 0.3 is 0 Å². The number of aromatic nitrogens is 2. The summed E-state index contributed by atoms with van der Waals surface area (Å²) in [6, 6.07) is 3.60. The lowest BCUT2D eigenvalue weighted by molar-refractivity contribution is 0.0949. The zero-order chi connectivity index (χ0) is 14.4. The van der Waals surface area contributed by atoms with Gasteiger partial charge in [-0.3, -0.25) is 9.78 Å². The van der Waals surface area contributed by atoms with Crippen LogP contribution < -0.4 is 10.6 Å². The lowest BCUT2D eigenvalue weighted by atomic mass is 10.3. The van der Waals surface area contributed by atoms with E-state index >= 15 is 0 Å². The standard InChI is InChI=1S/C14H18N4OS/c1-3-15-11-4-6-16-12(8-11)14(19)17-7-5-13-18-10(2)9-20-13/h4,6,8-9H,3,5,7H2,1-2H3,(H,15,16)(H,17,19). The number of nitrogens with zero attached hydrogens (tertiary/aromatic N) is 2. The molecule has 0 radical (unpaired) electrons. The highest BCUT2D eigenvalue weighted by atomic mass is 32.1. The van der Waals surface area contributed by atoms with E-state index in [2.05, 4.69) is 20.6 Å². The van der Waals surface area contributed by atoms with Crippen LogP contribution in [0.1, 0.15) is 28.1 Å². The number of hydrogen-bond acceptors (Lipinski definition) is 5. The smallest absolute Gasteiger partial charge is 0.269 e. The van der Waals surface area contributed by atoms with Crippen LogP contribution in [0.5, 0.6) is 0 Å². The first-order chi connectivity index (χ1) is 9.69. The van der Waals surface area contributed by atoms with Gasteiger partial charge in [0.05, 0.1) is 5.01 Å². The molecule has 0 aliphatic carbocycles. The van der Waals surface area contributed by atoms with Crippen molar-refractivity contribution in [1.82, 2.24) is 15.3 Å². The molecular weight excluding hydrogens is 272 g/mol. The number of pyridine rings is 1. The molecule has 0 saturated heterocycles. The average Bonchev–Trinajstić information content (AvgIpc) is 2.85. The minimum Gasteiger partial charge on any atom is -0.385 e. The highest BCUT2D eigenvalue weighted by molar-refractivity contribution is 7.09. The van der Waals surface area contributed by atoms with Crippen LogP contribution in [0, 0.1) is 6.92 Å². The molecule has 1 amide bonds. The Hall–Kier alpha value is -1.95. The van der Waals surface area contributed by atoms with Crippen LogP contribution in [-0.2, 0) is 6.42 Å². The fraction of sp³-hybridized carbons (Fsp3) is 0.357. The van der Waals surface area contributed by atoms with Crippen LogP contribution in [-0.4, -0.2) is 29.0 Å². The van der Waals surface area contributed by atoms with Gasteiger partial charge in [-0.15, -0.1) is 11.3 Å². The summed E-state index contributed by atoms with van der Waals surface area (Å²) in [7, 11) is 0.